The molecule has 2 N–H and O–H groups in total. The van der Waals surface area contributed by atoms with Gasteiger partial charge in [0.05, 0.1) is 5.39 Å². The lowest BCUT2D eigenvalue weighted by atomic mass is 9.83. The first kappa shape index (κ1) is 21.4. The van der Waals surface area contributed by atoms with Crippen LogP contribution in [0.4, 0.5) is 4.39 Å². The van der Waals surface area contributed by atoms with Crippen LogP contribution in [0.3, 0.4) is 0 Å². The van der Waals surface area contributed by atoms with Crippen LogP contribution in [0.1, 0.15) is 61.7 Å². The average Bonchev–Trinajstić information content (AvgIpc) is 3.56. The molecule has 0 radical (unpaired) electrons. The number of fused-ring (bicyclic) bond motifs is 1. The van der Waals surface area contributed by atoms with E-state index in [9.17, 15) is 19.1 Å². The second kappa shape index (κ2) is 8.46. The summed E-state index contributed by atoms with van der Waals surface area (Å²) in [6.45, 7) is 2.19. The highest BCUT2D eigenvalue weighted by atomic mass is 19.1. The second-order valence-electron chi connectivity index (χ2n) is 9.82. The molecule has 172 valence electrons. The van der Waals surface area contributed by atoms with Gasteiger partial charge in [0.2, 0.25) is 0 Å². The highest BCUT2D eigenvalue weighted by Gasteiger charge is 2.45. The zero-order valence-corrected chi connectivity index (χ0v) is 18.4. The SMILES string of the molecule is O=C(NC1CCC2(CC1)CC2)c1c(O)c2cccnc2n(CCN2CCC(F)CC2)c1=O. The zero-order valence-electron chi connectivity index (χ0n) is 18.4. The molecule has 1 aliphatic heterocycles. The third-order valence-corrected chi connectivity index (χ3v) is 7.72. The van der Waals surface area contributed by atoms with E-state index in [1.807, 2.05) is 0 Å². The second-order valence-corrected chi connectivity index (χ2v) is 9.82. The van der Waals surface area contributed by atoms with Crippen LogP contribution in [-0.4, -0.2) is 57.3 Å². The van der Waals surface area contributed by atoms with Crippen LogP contribution >= 0.6 is 0 Å². The van der Waals surface area contributed by atoms with E-state index in [2.05, 4.69) is 15.2 Å². The molecule has 2 aromatic rings. The minimum absolute atomic E-state index is 0.0348. The van der Waals surface area contributed by atoms with Gasteiger partial charge in [0, 0.05) is 38.4 Å². The number of amides is 1. The monoisotopic (exact) mass is 442 g/mol. The Morgan fingerprint density at radius 3 is 2.56 bits per heavy atom. The number of aromatic nitrogens is 2. The summed E-state index contributed by atoms with van der Waals surface area (Å²) in [6.07, 6.45) is 8.47. The lowest BCUT2D eigenvalue weighted by Crippen LogP contribution is -2.42. The summed E-state index contributed by atoms with van der Waals surface area (Å²) in [5, 5.41) is 14.2. The van der Waals surface area contributed by atoms with Gasteiger partial charge >= 0.3 is 0 Å². The number of hydrogen-bond acceptors (Lipinski definition) is 5. The van der Waals surface area contributed by atoms with Crippen LogP contribution in [-0.2, 0) is 6.54 Å². The van der Waals surface area contributed by atoms with Gasteiger partial charge in [-0.25, -0.2) is 9.37 Å². The Balaban J connectivity index is 1.39. The number of hydrogen-bond donors (Lipinski definition) is 2. The fourth-order valence-corrected chi connectivity index (χ4v) is 5.35. The predicted octanol–water partition coefficient (Wildman–Crippen LogP) is 2.99. The first-order valence-electron chi connectivity index (χ1n) is 11.8. The Morgan fingerprint density at radius 1 is 1.16 bits per heavy atom. The minimum Gasteiger partial charge on any atom is -0.506 e. The normalized spacial score (nSPS) is 21.8. The summed E-state index contributed by atoms with van der Waals surface area (Å²) in [5.74, 6) is -0.818. The molecule has 3 fully saturated rings. The summed E-state index contributed by atoms with van der Waals surface area (Å²) in [6, 6.07) is 3.39. The van der Waals surface area contributed by atoms with E-state index in [0.717, 1.165) is 25.7 Å². The molecule has 0 atom stereocenters. The highest BCUT2D eigenvalue weighted by molar-refractivity contribution is 6.01. The maximum atomic E-state index is 13.5. The summed E-state index contributed by atoms with van der Waals surface area (Å²) in [5.41, 5.74) is 0.141. The van der Waals surface area contributed by atoms with Gasteiger partial charge in [-0.1, -0.05) is 0 Å². The van der Waals surface area contributed by atoms with Crippen LogP contribution in [0.2, 0.25) is 0 Å². The maximum Gasteiger partial charge on any atom is 0.268 e. The van der Waals surface area contributed by atoms with E-state index >= 15 is 0 Å². The molecule has 8 heteroatoms. The number of nitrogens with one attached hydrogen (secondary N) is 1. The number of aromatic hydroxyl groups is 1. The van der Waals surface area contributed by atoms with Gasteiger partial charge in [-0.15, -0.1) is 0 Å². The summed E-state index contributed by atoms with van der Waals surface area (Å²) < 4.78 is 14.9. The Kier molecular flexibility index (Phi) is 5.65. The Morgan fingerprint density at radius 2 is 1.88 bits per heavy atom. The van der Waals surface area contributed by atoms with Gasteiger partial charge < -0.3 is 15.3 Å². The van der Waals surface area contributed by atoms with E-state index in [-0.39, 0.29) is 17.4 Å². The molecule has 0 unspecified atom stereocenters. The minimum atomic E-state index is -0.755. The third-order valence-electron chi connectivity index (χ3n) is 7.72. The smallest absolute Gasteiger partial charge is 0.268 e. The van der Waals surface area contributed by atoms with Crippen molar-refractivity contribution in [2.75, 3.05) is 19.6 Å². The molecule has 2 aromatic heterocycles. The first-order valence-corrected chi connectivity index (χ1v) is 11.8. The van der Waals surface area contributed by atoms with Crippen molar-refractivity contribution >= 4 is 16.9 Å². The van der Waals surface area contributed by atoms with Gasteiger partial charge in [0.15, 0.2) is 0 Å². The zero-order chi connectivity index (χ0) is 22.3. The topological polar surface area (TPSA) is 87.5 Å². The average molecular weight is 443 g/mol. The number of likely N-dealkylation sites (tertiary alicyclic amines) is 1. The van der Waals surface area contributed by atoms with E-state index in [0.29, 0.717) is 55.5 Å². The molecule has 3 heterocycles. The molecule has 3 aliphatic rings. The molecule has 1 spiro atoms. The molecule has 1 saturated heterocycles. The van der Waals surface area contributed by atoms with Gasteiger partial charge in [-0.2, -0.15) is 0 Å². The molecule has 5 rings (SSSR count). The van der Waals surface area contributed by atoms with Gasteiger partial charge in [-0.3, -0.25) is 14.2 Å². The number of pyridine rings is 2. The van der Waals surface area contributed by atoms with E-state index < -0.39 is 17.6 Å². The number of halogens is 1. The maximum absolute atomic E-state index is 13.5. The van der Waals surface area contributed by atoms with Gasteiger partial charge in [0.1, 0.15) is 23.1 Å². The van der Waals surface area contributed by atoms with E-state index in [1.165, 1.54) is 17.4 Å². The molecule has 7 nitrogen and oxygen atoms in total. The fraction of sp³-hybridized carbons (Fsp3) is 0.625. The molecule has 0 aromatic carbocycles. The van der Waals surface area contributed by atoms with Crippen LogP contribution in [0, 0.1) is 5.41 Å². The van der Waals surface area contributed by atoms with Crippen molar-refractivity contribution in [3.63, 3.8) is 0 Å². The van der Waals surface area contributed by atoms with Crippen molar-refractivity contribution in [1.29, 1.82) is 0 Å². The van der Waals surface area contributed by atoms with Crippen molar-refractivity contribution in [3.8, 4) is 5.75 Å². The molecule has 32 heavy (non-hydrogen) atoms. The van der Waals surface area contributed by atoms with Gasteiger partial charge in [-0.05, 0) is 68.9 Å². The van der Waals surface area contributed by atoms with Crippen LogP contribution in [0.25, 0.3) is 11.0 Å². The van der Waals surface area contributed by atoms with Crippen molar-refractivity contribution in [2.24, 2.45) is 5.41 Å². The Hall–Kier alpha value is -2.48. The third kappa shape index (κ3) is 4.12. The summed E-state index contributed by atoms with van der Waals surface area (Å²) in [7, 11) is 0. The number of piperidine rings is 1. The first-order chi connectivity index (χ1) is 15.5. The van der Waals surface area contributed by atoms with Crippen LogP contribution in [0.5, 0.6) is 5.75 Å². The summed E-state index contributed by atoms with van der Waals surface area (Å²) >= 11 is 0. The van der Waals surface area contributed by atoms with Crippen molar-refractivity contribution in [1.82, 2.24) is 19.8 Å². The quantitative estimate of drug-likeness (QED) is 0.743. The molecule has 2 saturated carbocycles. The molecular formula is C24H31FN4O3. The highest BCUT2D eigenvalue weighted by Crippen LogP contribution is 2.56. The van der Waals surface area contributed by atoms with Crippen molar-refractivity contribution < 1.29 is 14.3 Å². The van der Waals surface area contributed by atoms with Crippen LogP contribution in [0.15, 0.2) is 23.1 Å². The lowest BCUT2D eigenvalue weighted by Gasteiger charge is -2.29. The number of carbonyl (C=O) groups is 1. The molecule has 1 amide bonds. The predicted molar refractivity (Wildman–Crippen MR) is 120 cm³/mol. The molecule has 0 bridgehead atoms. The number of carbonyl (C=O) groups excluding carboxylic acids is 1. The Bertz CT molecular complexity index is 1060. The van der Waals surface area contributed by atoms with Crippen molar-refractivity contribution in [3.05, 3.63) is 34.2 Å². The van der Waals surface area contributed by atoms with Gasteiger partial charge in [0.25, 0.3) is 11.5 Å². The van der Waals surface area contributed by atoms with Crippen molar-refractivity contribution in [2.45, 2.75) is 70.1 Å². The Labute approximate surface area is 186 Å². The van der Waals surface area contributed by atoms with E-state index in [4.69, 9.17) is 0 Å². The van der Waals surface area contributed by atoms with E-state index in [1.54, 1.807) is 18.3 Å². The number of nitrogens with zero attached hydrogens (tertiary/aromatic N) is 3. The van der Waals surface area contributed by atoms with Crippen LogP contribution < -0.4 is 10.9 Å². The lowest BCUT2D eigenvalue weighted by molar-refractivity contribution is 0.0914. The molecular weight excluding hydrogens is 411 g/mol. The molecule has 2 aliphatic carbocycles. The standard InChI is InChI=1S/C24H31FN4O3/c25-16-5-12-28(13-6-16)14-15-29-21-18(2-1-11-26-21)20(30)19(23(29)32)22(31)27-17-3-7-24(8-4-17)9-10-24/h1-2,11,16-17,30H,3-10,12-15H2,(H,27,31). The fourth-order valence-electron chi connectivity index (χ4n) is 5.35. The largest absolute Gasteiger partial charge is 0.506 e. The number of alkyl halides is 1. The summed E-state index contributed by atoms with van der Waals surface area (Å²) in [4.78, 5) is 32.9. The number of rotatable bonds is 5.